The molecule has 238 valence electrons. The zero-order chi connectivity index (χ0) is 33.6. The van der Waals surface area contributed by atoms with Gasteiger partial charge in [-0.25, -0.2) is 5.56 Å². The number of benzene rings is 5. The summed E-state index contributed by atoms with van der Waals surface area (Å²) in [5.41, 5.74) is 11.0. The van der Waals surface area contributed by atoms with Gasteiger partial charge in [0.05, 0.1) is 29.8 Å². The van der Waals surface area contributed by atoms with Crippen LogP contribution in [-0.2, 0) is 20.1 Å². The van der Waals surface area contributed by atoms with Gasteiger partial charge in [0.1, 0.15) is 0 Å². The number of pyridine rings is 1. The van der Waals surface area contributed by atoms with E-state index >= 15 is 0 Å². The number of hydrogen-bond donors (Lipinski definition) is 0. The summed E-state index contributed by atoms with van der Waals surface area (Å²) in [4.78, 5) is 12.6. The molecule has 0 N–H and O–H groups in total. The molecule has 0 saturated heterocycles. The second kappa shape index (κ2) is 15.2. The quantitative estimate of drug-likeness (QED) is 0.163. The van der Waals surface area contributed by atoms with Crippen LogP contribution >= 0.6 is 0 Å². The molecule has 0 spiro atoms. The fraction of sp³-hybridized carbons (Fsp3) is 0.0233. The number of fused-ring (bicyclic) bond motifs is 1. The van der Waals surface area contributed by atoms with Crippen LogP contribution in [0, 0.1) is 43.2 Å². The van der Waals surface area contributed by atoms with E-state index in [1.807, 2.05) is 78.3 Å². The molecule has 0 amide bonds. The monoisotopic (exact) mass is 820 g/mol. The Labute approximate surface area is 304 Å². The van der Waals surface area contributed by atoms with Crippen LogP contribution in [0.1, 0.15) is 11.1 Å². The Morgan fingerprint density at radius 1 is 0.760 bits per heavy atom. The molecule has 8 rings (SSSR count). The molecule has 0 aliphatic rings. The summed E-state index contributed by atoms with van der Waals surface area (Å²) in [6, 6.07) is 50.2. The Balaban J connectivity index is 0.000000194. The van der Waals surface area contributed by atoms with E-state index in [4.69, 9.17) is 6.57 Å². The van der Waals surface area contributed by atoms with Crippen molar-refractivity contribution in [3.8, 4) is 56.7 Å². The maximum atomic E-state index is 9.34. The van der Waals surface area contributed by atoms with Crippen LogP contribution in [0.4, 0.5) is 5.69 Å². The first-order valence-electron chi connectivity index (χ1n) is 15.6. The van der Waals surface area contributed by atoms with Crippen LogP contribution in [0.3, 0.4) is 0 Å². The van der Waals surface area contributed by atoms with E-state index in [1.54, 1.807) is 36.5 Å². The van der Waals surface area contributed by atoms with Crippen molar-refractivity contribution in [3.63, 3.8) is 0 Å². The molecule has 0 saturated carbocycles. The van der Waals surface area contributed by atoms with Crippen molar-refractivity contribution in [1.82, 2.24) is 18.9 Å². The number of aryl methyl sites for hydroxylation is 1. The third-order valence-corrected chi connectivity index (χ3v) is 8.03. The zero-order valence-electron chi connectivity index (χ0n) is 26.9. The van der Waals surface area contributed by atoms with Gasteiger partial charge in [-0.1, -0.05) is 115 Å². The minimum Gasteiger partial charge on any atom is -0.435 e. The molecule has 0 unspecified atom stereocenters. The predicted molar refractivity (Wildman–Crippen MR) is 193 cm³/mol. The van der Waals surface area contributed by atoms with Gasteiger partial charge in [0.2, 0.25) is 0 Å². The van der Waals surface area contributed by atoms with E-state index in [1.165, 1.54) is 0 Å². The summed E-state index contributed by atoms with van der Waals surface area (Å²) in [5, 5.41) is 9.34. The number of para-hydroxylation sites is 1. The topological polar surface area (TPSA) is 63.3 Å². The number of rotatable bonds is 5. The fourth-order valence-electron chi connectivity index (χ4n) is 5.72. The maximum absolute atomic E-state index is 9.34. The fourth-order valence-corrected chi connectivity index (χ4v) is 5.72. The molecule has 0 bridgehead atoms. The Bertz CT molecular complexity index is 2430. The summed E-state index contributed by atoms with van der Waals surface area (Å²) in [6.07, 6.45) is 8.85. The average Bonchev–Trinajstić information content (AvgIpc) is 3.85. The van der Waals surface area contributed by atoms with Gasteiger partial charge in [-0.15, -0.1) is 35.9 Å². The first-order valence-corrected chi connectivity index (χ1v) is 15.6. The first-order chi connectivity index (χ1) is 24.1. The minimum absolute atomic E-state index is 0. The Morgan fingerprint density at radius 3 is 2.10 bits per heavy atom. The average molecular weight is 820 g/mol. The molecule has 5 aromatic carbocycles. The molecule has 6 nitrogen and oxygen atoms in total. The summed E-state index contributed by atoms with van der Waals surface area (Å²) in [5.74, 6) is 0.748. The Morgan fingerprint density at radius 2 is 1.44 bits per heavy atom. The van der Waals surface area contributed by atoms with Crippen LogP contribution in [-0.4, -0.2) is 18.9 Å². The Kier molecular flexibility index (Phi) is 10.2. The van der Waals surface area contributed by atoms with Crippen molar-refractivity contribution in [2.24, 2.45) is 0 Å². The largest absolute Gasteiger partial charge is 3.00 e. The predicted octanol–water partition coefficient (Wildman–Crippen LogP) is 10.0. The molecule has 50 heavy (non-hydrogen) atoms. The maximum Gasteiger partial charge on any atom is 3.00 e. The van der Waals surface area contributed by atoms with Crippen molar-refractivity contribution in [1.29, 1.82) is 5.26 Å². The smallest absolute Gasteiger partial charge is 0.435 e. The van der Waals surface area contributed by atoms with Gasteiger partial charge >= 0.3 is 20.1 Å². The molecular formula is C43H27IrN6. The zero-order valence-corrected chi connectivity index (χ0v) is 29.3. The van der Waals surface area contributed by atoms with Gasteiger partial charge in [0.25, 0.3) is 0 Å². The number of nitriles is 1. The normalized spacial score (nSPS) is 10.3. The van der Waals surface area contributed by atoms with Crippen molar-refractivity contribution in [2.45, 2.75) is 6.92 Å². The molecule has 0 atom stereocenters. The molecule has 8 aromatic rings. The third kappa shape index (κ3) is 6.92. The van der Waals surface area contributed by atoms with Gasteiger partial charge in [-0.2, -0.15) is 23.5 Å². The molecular weight excluding hydrogens is 793 g/mol. The minimum atomic E-state index is 0. The number of nitrogens with zero attached hydrogens (tertiary/aromatic N) is 6. The van der Waals surface area contributed by atoms with E-state index < -0.39 is 0 Å². The third-order valence-electron chi connectivity index (χ3n) is 8.03. The standard InChI is InChI=1S/C28H18N3.C15H9N3.Ir/c29-20-21-9-7-14-24(19-21)28-30-17-18-31(28)27-25(22-10-3-1-4-11-22)15-8-16-26(27)23-12-5-2-6-13-23;1-11-5-4-8-18-10-14(17-15(11)18)12-6-3-7-13(9-12)16-2;/h1-13,15-19H;3-5,7-9H,1H3;/q-1;-2;+3. The van der Waals surface area contributed by atoms with Gasteiger partial charge < -0.3 is 14.0 Å². The summed E-state index contributed by atoms with van der Waals surface area (Å²) in [6.45, 7) is 9.03. The Hall–Kier alpha value is -6.37. The van der Waals surface area contributed by atoms with Gasteiger partial charge in [0, 0.05) is 29.2 Å². The summed E-state index contributed by atoms with van der Waals surface area (Å²) >= 11 is 0. The van der Waals surface area contributed by atoms with Crippen molar-refractivity contribution in [3.05, 3.63) is 187 Å². The number of imidazole rings is 2. The van der Waals surface area contributed by atoms with Gasteiger partial charge in [0.15, 0.2) is 0 Å². The number of hydrogen-bond acceptors (Lipinski definition) is 3. The van der Waals surface area contributed by atoms with E-state index in [0.717, 1.165) is 61.8 Å². The van der Waals surface area contributed by atoms with Crippen LogP contribution in [0.5, 0.6) is 0 Å². The van der Waals surface area contributed by atoms with Gasteiger partial charge in [-0.3, -0.25) is 9.83 Å². The summed E-state index contributed by atoms with van der Waals surface area (Å²) in [7, 11) is 0. The molecule has 0 fully saturated rings. The molecule has 0 aliphatic heterocycles. The SMILES string of the molecule is N#Cc1cc[c-]c(-c2nccn2-c2c(-c3ccccc3)cccc2-c2ccccc2)c1.[C-]#[N+]c1cc[c-]c(-c2[c-]n3cccc(C)c3n2)c1.[Ir+3]. The molecule has 3 aromatic heterocycles. The number of aromatic nitrogens is 4. The van der Waals surface area contributed by atoms with E-state index in [-0.39, 0.29) is 20.1 Å². The van der Waals surface area contributed by atoms with Crippen LogP contribution in [0.15, 0.2) is 146 Å². The van der Waals surface area contributed by atoms with Crippen LogP contribution < -0.4 is 0 Å². The van der Waals surface area contributed by atoms with Crippen LogP contribution in [0.25, 0.3) is 61.1 Å². The van der Waals surface area contributed by atoms with E-state index in [2.05, 4.69) is 86.2 Å². The van der Waals surface area contributed by atoms with Crippen molar-refractivity contribution < 1.29 is 20.1 Å². The van der Waals surface area contributed by atoms with Crippen LogP contribution in [0.2, 0.25) is 0 Å². The molecule has 3 heterocycles. The van der Waals surface area contributed by atoms with Gasteiger partial charge in [-0.05, 0) is 23.6 Å². The first kappa shape index (κ1) is 33.5. The van der Waals surface area contributed by atoms with E-state index in [0.29, 0.717) is 11.3 Å². The summed E-state index contributed by atoms with van der Waals surface area (Å²) < 4.78 is 3.96. The second-order valence-electron chi connectivity index (χ2n) is 11.2. The molecule has 0 radical (unpaired) electrons. The van der Waals surface area contributed by atoms with E-state index in [9.17, 15) is 5.26 Å². The van der Waals surface area contributed by atoms with Crippen molar-refractivity contribution in [2.75, 3.05) is 0 Å². The van der Waals surface area contributed by atoms with Crippen molar-refractivity contribution >= 4 is 11.3 Å². The second-order valence-corrected chi connectivity index (χ2v) is 11.2. The molecule has 0 aliphatic carbocycles. The molecule has 7 heteroatoms.